The second kappa shape index (κ2) is 6.65. The van der Waals surface area contributed by atoms with E-state index < -0.39 is 0 Å². The molecular formula is C19H25N3O3. The third-order valence-corrected chi connectivity index (χ3v) is 6.38. The molecule has 0 unspecified atom stereocenters. The van der Waals surface area contributed by atoms with Crippen molar-refractivity contribution in [3.8, 4) is 0 Å². The van der Waals surface area contributed by atoms with Gasteiger partial charge in [-0.05, 0) is 49.1 Å². The normalized spacial score (nSPS) is 28.4. The van der Waals surface area contributed by atoms with Gasteiger partial charge in [0.1, 0.15) is 0 Å². The lowest BCUT2D eigenvalue weighted by Crippen LogP contribution is -2.49. The summed E-state index contributed by atoms with van der Waals surface area (Å²) >= 11 is 0. The fourth-order valence-corrected chi connectivity index (χ4v) is 4.98. The van der Waals surface area contributed by atoms with E-state index in [2.05, 4.69) is 4.90 Å². The number of nitro groups is 1. The second-order valence-corrected chi connectivity index (χ2v) is 7.78. The molecule has 1 heterocycles. The molecule has 1 aliphatic heterocycles. The van der Waals surface area contributed by atoms with Crippen LogP contribution in [0, 0.1) is 27.9 Å². The van der Waals surface area contributed by atoms with Gasteiger partial charge in [0.15, 0.2) is 0 Å². The molecule has 1 saturated heterocycles. The average Bonchev–Trinajstić information content (AvgIpc) is 3.25. The van der Waals surface area contributed by atoms with Crippen molar-refractivity contribution in [2.24, 2.45) is 17.8 Å². The Kier molecular flexibility index (Phi) is 4.36. The van der Waals surface area contributed by atoms with Crippen molar-refractivity contribution in [2.45, 2.75) is 32.1 Å². The second-order valence-electron chi connectivity index (χ2n) is 7.78. The van der Waals surface area contributed by atoms with Crippen molar-refractivity contribution in [3.63, 3.8) is 0 Å². The van der Waals surface area contributed by atoms with Gasteiger partial charge in [0.25, 0.3) is 5.69 Å². The van der Waals surface area contributed by atoms with Crippen LogP contribution in [0.4, 0.5) is 11.4 Å². The van der Waals surface area contributed by atoms with Crippen LogP contribution < -0.4 is 4.90 Å². The van der Waals surface area contributed by atoms with Gasteiger partial charge in [-0.15, -0.1) is 0 Å². The van der Waals surface area contributed by atoms with Gasteiger partial charge in [-0.1, -0.05) is 6.42 Å². The first-order chi connectivity index (χ1) is 12.1. The zero-order chi connectivity index (χ0) is 17.4. The first-order valence-corrected chi connectivity index (χ1v) is 9.37. The number of fused-ring (bicyclic) bond motifs is 2. The molecule has 0 N–H and O–H groups in total. The Hall–Kier alpha value is -2.11. The van der Waals surface area contributed by atoms with Gasteiger partial charge in [0, 0.05) is 50.4 Å². The quantitative estimate of drug-likeness (QED) is 0.622. The summed E-state index contributed by atoms with van der Waals surface area (Å²) in [5.74, 6) is 2.64. The van der Waals surface area contributed by atoms with Crippen molar-refractivity contribution in [1.82, 2.24) is 4.90 Å². The topological polar surface area (TPSA) is 66.7 Å². The summed E-state index contributed by atoms with van der Waals surface area (Å²) in [6.45, 7) is 3.08. The lowest BCUT2D eigenvalue weighted by atomic mass is 9.86. The van der Waals surface area contributed by atoms with Crippen molar-refractivity contribution in [2.75, 3.05) is 31.1 Å². The minimum atomic E-state index is -0.379. The third kappa shape index (κ3) is 3.34. The SMILES string of the molecule is O=C(C[C@H]1C[C@H]2CC[C@H]1C2)N1CCN(c2ccc([N+](=O)[O-])cc2)CC1. The summed E-state index contributed by atoms with van der Waals surface area (Å²) in [6.07, 6.45) is 6.06. The molecule has 3 fully saturated rings. The largest absolute Gasteiger partial charge is 0.368 e. The summed E-state index contributed by atoms with van der Waals surface area (Å²) in [6, 6.07) is 6.68. The van der Waals surface area contributed by atoms with Crippen LogP contribution in [0.5, 0.6) is 0 Å². The molecular weight excluding hydrogens is 318 g/mol. The summed E-state index contributed by atoms with van der Waals surface area (Å²) in [7, 11) is 0. The van der Waals surface area contributed by atoms with Crippen LogP contribution in [-0.2, 0) is 4.79 Å². The average molecular weight is 343 g/mol. The van der Waals surface area contributed by atoms with Gasteiger partial charge in [0.05, 0.1) is 4.92 Å². The van der Waals surface area contributed by atoms with Gasteiger partial charge < -0.3 is 9.80 Å². The zero-order valence-electron chi connectivity index (χ0n) is 14.5. The molecule has 0 aromatic heterocycles. The molecule has 2 bridgehead atoms. The molecule has 1 amide bonds. The van der Waals surface area contributed by atoms with Crippen molar-refractivity contribution in [3.05, 3.63) is 34.4 Å². The number of amides is 1. The van der Waals surface area contributed by atoms with Crippen LogP contribution in [0.2, 0.25) is 0 Å². The highest BCUT2D eigenvalue weighted by Gasteiger charge is 2.40. The van der Waals surface area contributed by atoms with Crippen LogP contribution in [0.3, 0.4) is 0 Å². The third-order valence-electron chi connectivity index (χ3n) is 6.38. The van der Waals surface area contributed by atoms with E-state index in [1.165, 1.54) is 25.7 Å². The number of nitrogens with zero attached hydrogens (tertiary/aromatic N) is 3. The fourth-order valence-electron chi connectivity index (χ4n) is 4.98. The molecule has 2 aliphatic carbocycles. The number of nitro benzene ring substituents is 1. The van der Waals surface area contributed by atoms with Gasteiger partial charge in [-0.3, -0.25) is 14.9 Å². The number of benzene rings is 1. The van der Waals surface area contributed by atoms with Gasteiger partial charge in [-0.2, -0.15) is 0 Å². The molecule has 134 valence electrons. The molecule has 0 radical (unpaired) electrons. The molecule has 1 aromatic rings. The smallest absolute Gasteiger partial charge is 0.269 e. The van der Waals surface area contributed by atoms with Crippen molar-refractivity contribution >= 4 is 17.3 Å². The van der Waals surface area contributed by atoms with Crippen LogP contribution in [-0.4, -0.2) is 41.9 Å². The maximum atomic E-state index is 12.6. The Morgan fingerprint density at radius 2 is 1.80 bits per heavy atom. The number of hydrogen-bond donors (Lipinski definition) is 0. The lowest BCUT2D eigenvalue weighted by molar-refractivity contribution is -0.384. The molecule has 3 atom stereocenters. The van der Waals surface area contributed by atoms with Gasteiger partial charge >= 0.3 is 0 Å². The van der Waals surface area contributed by atoms with E-state index in [1.54, 1.807) is 24.3 Å². The number of carbonyl (C=O) groups excluding carboxylic acids is 1. The first kappa shape index (κ1) is 16.4. The summed E-state index contributed by atoms with van der Waals surface area (Å²) in [4.78, 5) is 27.2. The van der Waals surface area contributed by atoms with E-state index in [-0.39, 0.29) is 10.6 Å². The summed E-state index contributed by atoms with van der Waals surface area (Å²) < 4.78 is 0. The molecule has 4 rings (SSSR count). The van der Waals surface area contributed by atoms with E-state index in [0.717, 1.165) is 50.1 Å². The number of piperazine rings is 1. The maximum absolute atomic E-state index is 12.6. The number of non-ortho nitro benzene ring substituents is 1. The first-order valence-electron chi connectivity index (χ1n) is 9.37. The number of hydrogen-bond acceptors (Lipinski definition) is 4. The summed E-state index contributed by atoms with van der Waals surface area (Å²) in [5.41, 5.74) is 1.11. The van der Waals surface area contributed by atoms with Crippen LogP contribution in [0.15, 0.2) is 24.3 Å². The summed E-state index contributed by atoms with van der Waals surface area (Å²) in [5, 5.41) is 10.7. The van der Waals surface area contributed by atoms with E-state index in [9.17, 15) is 14.9 Å². The minimum absolute atomic E-state index is 0.114. The monoisotopic (exact) mass is 343 g/mol. The predicted octanol–water partition coefficient (Wildman–Crippen LogP) is 3.07. The van der Waals surface area contributed by atoms with Crippen LogP contribution in [0.25, 0.3) is 0 Å². The molecule has 3 aliphatic rings. The number of carbonyl (C=O) groups is 1. The number of anilines is 1. The predicted molar refractivity (Wildman–Crippen MR) is 95.4 cm³/mol. The van der Waals surface area contributed by atoms with Gasteiger partial charge in [-0.25, -0.2) is 0 Å². The van der Waals surface area contributed by atoms with Crippen molar-refractivity contribution < 1.29 is 9.72 Å². The Bertz CT molecular complexity index is 652. The molecule has 2 saturated carbocycles. The van der Waals surface area contributed by atoms with E-state index in [4.69, 9.17) is 0 Å². The zero-order valence-corrected chi connectivity index (χ0v) is 14.5. The molecule has 6 heteroatoms. The highest BCUT2D eigenvalue weighted by atomic mass is 16.6. The van der Waals surface area contributed by atoms with Crippen LogP contribution >= 0.6 is 0 Å². The Labute approximate surface area is 147 Å². The highest BCUT2D eigenvalue weighted by Crippen LogP contribution is 2.49. The Morgan fingerprint density at radius 3 is 2.36 bits per heavy atom. The lowest BCUT2D eigenvalue weighted by Gasteiger charge is -2.37. The van der Waals surface area contributed by atoms with E-state index >= 15 is 0 Å². The fraction of sp³-hybridized carbons (Fsp3) is 0.632. The molecule has 0 spiro atoms. The van der Waals surface area contributed by atoms with Gasteiger partial charge in [0.2, 0.25) is 5.91 Å². The molecule has 1 aromatic carbocycles. The molecule has 25 heavy (non-hydrogen) atoms. The maximum Gasteiger partial charge on any atom is 0.269 e. The van der Waals surface area contributed by atoms with Crippen LogP contribution in [0.1, 0.15) is 32.1 Å². The highest BCUT2D eigenvalue weighted by molar-refractivity contribution is 5.77. The van der Waals surface area contributed by atoms with E-state index in [1.807, 2.05) is 4.90 Å². The minimum Gasteiger partial charge on any atom is -0.368 e. The Balaban J connectivity index is 1.29. The Morgan fingerprint density at radius 1 is 1.08 bits per heavy atom. The van der Waals surface area contributed by atoms with E-state index in [0.29, 0.717) is 11.8 Å². The van der Waals surface area contributed by atoms with Crippen molar-refractivity contribution in [1.29, 1.82) is 0 Å². The number of rotatable bonds is 4. The molecule has 6 nitrogen and oxygen atoms in total. The standard InChI is InChI=1S/C19H25N3O3/c23-19(13-16-12-14-1-2-15(16)11-14)21-9-7-20(8-10-21)17-3-5-18(6-4-17)22(24)25/h3-6,14-16H,1-2,7-13H2/t14-,15-,16+/m0/s1.